The average Bonchev–Trinajstić information content (AvgIpc) is 3.56. The van der Waals surface area contributed by atoms with Gasteiger partial charge in [0, 0.05) is 25.2 Å². The molecule has 1 aliphatic heterocycles. The Morgan fingerprint density at radius 3 is 2.50 bits per heavy atom. The van der Waals surface area contributed by atoms with E-state index >= 15 is 0 Å². The third kappa shape index (κ3) is 6.21. The molecule has 0 radical (unpaired) electrons. The summed E-state index contributed by atoms with van der Waals surface area (Å²) in [7, 11) is 0. The average molecular weight is 509 g/mol. The summed E-state index contributed by atoms with van der Waals surface area (Å²) >= 11 is 0. The predicted molar refractivity (Wildman–Crippen MR) is 147 cm³/mol. The summed E-state index contributed by atoms with van der Waals surface area (Å²) in [6.45, 7) is 6.27. The minimum absolute atomic E-state index is 0.113. The first-order chi connectivity index (χ1) is 18.6. The minimum atomic E-state index is -0.705. The summed E-state index contributed by atoms with van der Waals surface area (Å²) in [5.41, 5.74) is 3.93. The molecule has 3 aromatic carbocycles. The molecule has 2 heterocycles. The maximum atomic E-state index is 12.0. The van der Waals surface area contributed by atoms with E-state index in [1.807, 2.05) is 66.7 Å². The molecule has 6 heteroatoms. The van der Waals surface area contributed by atoms with Gasteiger partial charge in [-0.3, -0.25) is 9.69 Å². The second-order valence-electron chi connectivity index (χ2n) is 9.76. The highest BCUT2D eigenvalue weighted by atomic mass is 16.5. The number of hydrogen-bond acceptors (Lipinski definition) is 5. The first-order valence-corrected chi connectivity index (χ1v) is 13.0. The van der Waals surface area contributed by atoms with Crippen LogP contribution >= 0.6 is 0 Å². The number of carbonyl (C=O) groups is 1. The molecule has 1 saturated heterocycles. The fraction of sp³-hybridized carbons (Fsp3) is 0.250. The van der Waals surface area contributed by atoms with Crippen molar-refractivity contribution in [1.82, 2.24) is 9.88 Å². The SMILES string of the molecule is C=Cc1oc(-c2ccccc2)nc1COc1cccc(CC[C@@H]2CN(Cc3ccccc3)C[C@@H]2C(=O)O)c1. The molecule has 5 rings (SSSR count). The molecule has 1 aromatic heterocycles. The smallest absolute Gasteiger partial charge is 0.308 e. The number of oxazole rings is 1. The van der Waals surface area contributed by atoms with E-state index in [0.717, 1.165) is 42.8 Å². The van der Waals surface area contributed by atoms with Gasteiger partial charge in [0.1, 0.15) is 18.1 Å². The van der Waals surface area contributed by atoms with Crippen LogP contribution in [0.15, 0.2) is 95.9 Å². The fourth-order valence-electron chi connectivity index (χ4n) is 5.13. The Morgan fingerprint density at radius 1 is 1.03 bits per heavy atom. The van der Waals surface area contributed by atoms with Crippen LogP contribution in [0.1, 0.15) is 29.0 Å². The van der Waals surface area contributed by atoms with Crippen molar-refractivity contribution in [2.24, 2.45) is 11.8 Å². The lowest BCUT2D eigenvalue weighted by atomic mass is 9.90. The number of rotatable bonds is 11. The topological polar surface area (TPSA) is 75.8 Å². The molecule has 4 aromatic rings. The highest BCUT2D eigenvalue weighted by Crippen LogP contribution is 2.30. The fourth-order valence-corrected chi connectivity index (χ4v) is 5.13. The molecular weight excluding hydrogens is 476 g/mol. The van der Waals surface area contributed by atoms with Crippen molar-refractivity contribution in [2.45, 2.75) is 26.0 Å². The number of carboxylic acid groups (broad SMARTS) is 1. The Kier molecular flexibility index (Phi) is 8.00. The quantitative estimate of drug-likeness (QED) is 0.255. The third-order valence-electron chi connectivity index (χ3n) is 7.09. The van der Waals surface area contributed by atoms with Crippen LogP contribution in [-0.4, -0.2) is 34.0 Å². The number of aromatic nitrogens is 1. The first-order valence-electron chi connectivity index (χ1n) is 13.0. The lowest BCUT2D eigenvalue weighted by Crippen LogP contribution is -2.23. The molecule has 0 unspecified atom stereocenters. The van der Waals surface area contributed by atoms with Crippen molar-refractivity contribution in [3.05, 3.63) is 114 Å². The van der Waals surface area contributed by atoms with Crippen LogP contribution in [0.4, 0.5) is 0 Å². The number of likely N-dealkylation sites (tertiary alicyclic amines) is 1. The van der Waals surface area contributed by atoms with Gasteiger partial charge in [0.25, 0.3) is 0 Å². The minimum Gasteiger partial charge on any atom is -0.487 e. The summed E-state index contributed by atoms with van der Waals surface area (Å²) in [4.78, 5) is 18.8. The van der Waals surface area contributed by atoms with Gasteiger partial charge in [-0.05, 0) is 60.2 Å². The lowest BCUT2D eigenvalue weighted by Gasteiger charge is -2.16. The molecular formula is C32H32N2O4. The van der Waals surface area contributed by atoms with Crippen LogP contribution in [0, 0.1) is 11.8 Å². The Bertz CT molecular complexity index is 1370. The molecule has 1 aliphatic rings. The number of carboxylic acids is 1. The summed E-state index contributed by atoms with van der Waals surface area (Å²) in [5, 5.41) is 9.84. The van der Waals surface area contributed by atoms with Gasteiger partial charge in [0.05, 0.1) is 5.92 Å². The van der Waals surface area contributed by atoms with Crippen molar-refractivity contribution < 1.29 is 19.1 Å². The maximum absolute atomic E-state index is 12.0. The molecule has 0 spiro atoms. The van der Waals surface area contributed by atoms with Gasteiger partial charge in [0.2, 0.25) is 5.89 Å². The summed E-state index contributed by atoms with van der Waals surface area (Å²) in [6.07, 6.45) is 3.26. The van der Waals surface area contributed by atoms with Gasteiger partial charge in [-0.25, -0.2) is 4.98 Å². The van der Waals surface area contributed by atoms with Crippen molar-refractivity contribution in [3.63, 3.8) is 0 Å². The van der Waals surface area contributed by atoms with Gasteiger partial charge >= 0.3 is 5.97 Å². The normalized spacial score (nSPS) is 17.4. The first kappa shape index (κ1) is 25.5. The Hall–Kier alpha value is -4.16. The van der Waals surface area contributed by atoms with E-state index in [9.17, 15) is 9.90 Å². The number of nitrogens with zero attached hydrogens (tertiary/aromatic N) is 2. The van der Waals surface area contributed by atoms with Gasteiger partial charge in [-0.2, -0.15) is 0 Å². The Balaban J connectivity index is 1.19. The molecule has 0 saturated carbocycles. The molecule has 0 amide bonds. The van der Waals surface area contributed by atoms with Crippen molar-refractivity contribution in [1.29, 1.82) is 0 Å². The lowest BCUT2D eigenvalue weighted by molar-refractivity contribution is -0.142. The zero-order valence-electron chi connectivity index (χ0n) is 21.3. The largest absolute Gasteiger partial charge is 0.487 e. The molecule has 1 fully saturated rings. The summed E-state index contributed by atoms with van der Waals surface area (Å²) < 4.78 is 11.9. The van der Waals surface area contributed by atoms with Crippen LogP contribution in [-0.2, 0) is 24.4 Å². The molecule has 194 valence electrons. The molecule has 0 aliphatic carbocycles. The van der Waals surface area contributed by atoms with Crippen molar-refractivity contribution >= 4 is 12.0 Å². The Morgan fingerprint density at radius 2 is 1.76 bits per heavy atom. The number of aryl methyl sites for hydroxylation is 1. The zero-order valence-corrected chi connectivity index (χ0v) is 21.3. The molecule has 0 bridgehead atoms. The second-order valence-corrected chi connectivity index (χ2v) is 9.76. The van der Waals surface area contributed by atoms with Gasteiger partial charge in [0.15, 0.2) is 5.76 Å². The molecule has 2 atom stereocenters. The molecule has 38 heavy (non-hydrogen) atoms. The maximum Gasteiger partial charge on any atom is 0.308 e. The Labute approximate surface area is 223 Å². The summed E-state index contributed by atoms with van der Waals surface area (Å²) in [5.74, 6) is 0.945. The third-order valence-corrected chi connectivity index (χ3v) is 7.09. The van der Waals surface area contributed by atoms with Crippen molar-refractivity contribution in [3.8, 4) is 17.2 Å². The van der Waals surface area contributed by atoms with Gasteiger partial charge in [-0.15, -0.1) is 0 Å². The van der Waals surface area contributed by atoms with Crippen LogP contribution < -0.4 is 4.74 Å². The van der Waals surface area contributed by atoms with Crippen LogP contribution in [0.3, 0.4) is 0 Å². The number of aliphatic carboxylic acids is 1. The second kappa shape index (κ2) is 11.9. The number of benzene rings is 3. The number of hydrogen-bond donors (Lipinski definition) is 1. The molecule has 6 nitrogen and oxygen atoms in total. The molecule has 1 N–H and O–H groups in total. The van der Waals surface area contributed by atoms with E-state index in [2.05, 4.69) is 34.7 Å². The van der Waals surface area contributed by atoms with E-state index < -0.39 is 5.97 Å². The standard InChI is InChI=1S/C32H32N2O4/c1-2-30-29(33-31(38-30)25-13-7-4-8-14-25)22-37-27-15-9-12-23(18-27)16-17-26-20-34(21-28(26)32(35)36)19-24-10-5-3-6-11-24/h2-15,18,26,28H,1,16-17,19-22H2,(H,35,36)/t26-,28+/m1/s1. The van der Waals surface area contributed by atoms with Crippen LogP contribution in [0.2, 0.25) is 0 Å². The van der Waals surface area contributed by atoms with E-state index in [0.29, 0.717) is 23.9 Å². The van der Waals surface area contributed by atoms with Crippen LogP contribution in [0.5, 0.6) is 5.75 Å². The van der Waals surface area contributed by atoms with E-state index in [-0.39, 0.29) is 18.4 Å². The van der Waals surface area contributed by atoms with Crippen LogP contribution in [0.25, 0.3) is 17.5 Å². The van der Waals surface area contributed by atoms with E-state index in [1.54, 1.807) is 6.08 Å². The monoisotopic (exact) mass is 508 g/mol. The van der Waals surface area contributed by atoms with Crippen molar-refractivity contribution in [2.75, 3.05) is 13.1 Å². The highest BCUT2D eigenvalue weighted by molar-refractivity contribution is 5.71. The summed E-state index contributed by atoms with van der Waals surface area (Å²) in [6, 6.07) is 28.0. The highest BCUT2D eigenvalue weighted by Gasteiger charge is 2.37. The van der Waals surface area contributed by atoms with E-state index in [1.165, 1.54) is 5.56 Å². The van der Waals surface area contributed by atoms with E-state index in [4.69, 9.17) is 9.15 Å². The predicted octanol–water partition coefficient (Wildman–Crippen LogP) is 6.33. The zero-order chi connectivity index (χ0) is 26.3. The van der Waals surface area contributed by atoms with Gasteiger partial charge in [-0.1, -0.05) is 67.2 Å². The number of ether oxygens (including phenoxy) is 1. The van der Waals surface area contributed by atoms with Gasteiger partial charge < -0.3 is 14.3 Å².